The zero-order valence-electron chi connectivity index (χ0n) is 10.7. The first-order chi connectivity index (χ1) is 7.45. The third-order valence-corrected chi connectivity index (χ3v) is 4.12. The molecule has 1 N–H and O–H groups in total. The normalized spacial score (nSPS) is 29.2. The number of hydrogen-bond donors (Lipinski definition) is 1. The molecule has 1 aliphatic rings. The molecule has 88 valence electrons. The Morgan fingerprint density at radius 3 is 2.69 bits per heavy atom. The molecule has 0 spiro atoms. The number of aliphatic hydroxyl groups is 1. The van der Waals surface area contributed by atoms with Gasteiger partial charge in [-0.3, -0.25) is 0 Å². The number of rotatable bonds is 1. The second-order valence-corrected chi connectivity index (χ2v) is 5.61. The van der Waals surface area contributed by atoms with Crippen molar-refractivity contribution in [3.05, 3.63) is 34.9 Å². The van der Waals surface area contributed by atoms with E-state index in [1.165, 1.54) is 16.7 Å². The maximum Gasteiger partial charge on any atom is 0.0922 e. The van der Waals surface area contributed by atoms with E-state index in [4.69, 9.17) is 0 Å². The van der Waals surface area contributed by atoms with Gasteiger partial charge in [0.25, 0.3) is 0 Å². The van der Waals surface area contributed by atoms with E-state index in [2.05, 4.69) is 45.9 Å². The molecule has 0 aromatic heterocycles. The van der Waals surface area contributed by atoms with Crippen LogP contribution < -0.4 is 0 Å². The van der Waals surface area contributed by atoms with Crippen molar-refractivity contribution in [2.75, 3.05) is 0 Å². The molecule has 16 heavy (non-hydrogen) atoms. The Labute approximate surface area is 98.5 Å². The highest BCUT2D eigenvalue weighted by Crippen LogP contribution is 2.45. The molecule has 0 aliphatic heterocycles. The van der Waals surface area contributed by atoms with E-state index in [0.29, 0.717) is 5.92 Å². The molecule has 0 amide bonds. The summed E-state index contributed by atoms with van der Waals surface area (Å²) in [6.07, 6.45) is 1.98. The van der Waals surface area contributed by atoms with Crippen molar-refractivity contribution in [2.24, 2.45) is 5.92 Å². The average Bonchev–Trinajstić information content (AvgIpc) is 2.23. The number of fused-ring (bicyclic) bond motifs is 1. The largest absolute Gasteiger partial charge is 0.385 e. The fourth-order valence-electron chi connectivity index (χ4n) is 2.80. The van der Waals surface area contributed by atoms with Gasteiger partial charge in [-0.15, -0.1) is 0 Å². The van der Waals surface area contributed by atoms with Crippen LogP contribution in [0.1, 0.15) is 56.2 Å². The second-order valence-electron chi connectivity index (χ2n) is 5.61. The third-order valence-electron chi connectivity index (χ3n) is 4.12. The van der Waals surface area contributed by atoms with Gasteiger partial charge in [0.05, 0.1) is 5.60 Å². The van der Waals surface area contributed by atoms with Gasteiger partial charge in [0.1, 0.15) is 0 Å². The zero-order valence-corrected chi connectivity index (χ0v) is 10.7. The van der Waals surface area contributed by atoms with Gasteiger partial charge in [-0.2, -0.15) is 0 Å². The molecular formula is C15H22O. The van der Waals surface area contributed by atoms with Gasteiger partial charge in [-0.1, -0.05) is 44.5 Å². The first-order valence-corrected chi connectivity index (χ1v) is 6.28. The second kappa shape index (κ2) is 3.89. The van der Waals surface area contributed by atoms with Crippen molar-refractivity contribution in [3.63, 3.8) is 0 Å². The van der Waals surface area contributed by atoms with Crippen LogP contribution in [0.5, 0.6) is 0 Å². The molecule has 0 heterocycles. The van der Waals surface area contributed by atoms with Crippen LogP contribution in [-0.2, 0) is 5.60 Å². The van der Waals surface area contributed by atoms with E-state index in [1.54, 1.807) is 0 Å². The van der Waals surface area contributed by atoms with E-state index in [0.717, 1.165) is 12.8 Å². The molecule has 0 saturated heterocycles. The smallest absolute Gasteiger partial charge is 0.0922 e. The summed E-state index contributed by atoms with van der Waals surface area (Å²) in [4.78, 5) is 0. The first-order valence-electron chi connectivity index (χ1n) is 6.28. The van der Waals surface area contributed by atoms with Gasteiger partial charge in [-0.25, -0.2) is 0 Å². The summed E-state index contributed by atoms with van der Waals surface area (Å²) < 4.78 is 0. The van der Waals surface area contributed by atoms with Crippen LogP contribution in [0.3, 0.4) is 0 Å². The fourth-order valence-corrected chi connectivity index (χ4v) is 2.80. The molecule has 1 aliphatic carbocycles. The highest BCUT2D eigenvalue weighted by Gasteiger charge is 2.39. The molecule has 1 aromatic carbocycles. The molecule has 0 fully saturated rings. The summed E-state index contributed by atoms with van der Waals surface area (Å²) in [5, 5.41) is 10.8. The Morgan fingerprint density at radius 2 is 2.06 bits per heavy atom. The molecule has 1 aromatic rings. The van der Waals surface area contributed by atoms with E-state index < -0.39 is 5.60 Å². The maximum atomic E-state index is 10.8. The molecule has 0 saturated carbocycles. The summed E-state index contributed by atoms with van der Waals surface area (Å²) in [5.41, 5.74) is 3.13. The van der Waals surface area contributed by atoms with Crippen LogP contribution in [0.2, 0.25) is 0 Å². The lowest BCUT2D eigenvalue weighted by Crippen LogP contribution is -2.36. The van der Waals surface area contributed by atoms with Gasteiger partial charge < -0.3 is 5.11 Å². The highest BCUT2D eigenvalue weighted by atomic mass is 16.3. The highest BCUT2D eigenvalue weighted by molar-refractivity contribution is 5.40. The van der Waals surface area contributed by atoms with Crippen molar-refractivity contribution in [1.29, 1.82) is 0 Å². The molecule has 2 atom stereocenters. The van der Waals surface area contributed by atoms with Crippen LogP contribution in [0.15, 0.2) is 18.2 Å². The molecule has 1 heteroatoms. The Kier molecular flexibility index (Phi) is 2.83. The molecular weight excluding hydrogens is 196 g/mol. The predicted octanol–water partition coefficient (Wildman–Crippen LogP) is 3.74. The number of aryl methyl sites for hydroxylation is 1. The van der Waals surface area contributed by atoms with Crippen LogP contribution in [0.25, 0.3) is 0 Å². The molecule has 2 unspecified atom stereocenters. The van der Waals surface area contributed by atoms with Crippen molar-refractivity contribution in [3.8, 4) is 0 Å². The Morgan fingerprint density at radius 1 is 1.38 bits per heavy atom. The fraction of sp³-hybridized carbons (Fsp3) is 0.600. The van der Waals surface area contributed by atoms with Gasteiger partial charge >= 0.3 is 0 Å². The Balaban J connectivity index is 2.58. The van der Waals surface area contributed by atoms with E-state index in [9.17, 15) is 5.11 Å². The first kappa shape index (κ1) is 11.7. The molecule has 0 radical (unpaired) electrons. The molecule has 0 bridgehead atoms. The van der Waals surface area contributed by atoms with E-state index >= 15 is 0 Å². The molecule has 1 nitrogen and oxygen atoms in total. The van der Waals surface area contributed by atoms with Crippen molar-refractivity contribution >= 4 is 0 Å². The van der Waals surface area contributed by atoms with Gasteiger partial charge in [0.15, 0.2) is 0 Å². The zero-order chi connectivity index (χ0) is 11.9. The summed E-state index contributed by atoms with van der Waals surface area (Å²) >= 11 is 0. The summed E-state index contributed by atoms with van der Waals surface area (Å²) in [5.74, 6) is 0.857. The summed E-state index contributed by atoms with van der Waals surface area (Å²) in [6, 6.07) is 6.52. The average molecular weight is 218 g/mol. The van der Waals surface area contributed by atoms with Crippen LogP contribution >= 0.6 is 0 Å². The van der Waals surface area contributed by atoms with Crippen LogP contribution in [0, 0.1) is 12.8 Å². The molecule has 2 rings (SSSR count). The minimum Gasteiger partial charge on any atom is -0.385 e. The Bertz CT molecular complexity index is 394. The van der Waals surface area contributed by atoms with E-state index in [1.807, 2.05) is 0 Å². The van der Waals surface area contributed by atoms with Gasteiger partial charge in [0.2, 0.25) is 0 Å². The maximum absolute atomic E-state index is 10.8. The number of benzene rings is 1. The summed E-state index contributed by atoms with van der Waals surface area (Å²) in [6.45, 7) is 8.58. The quantitative estimate of drug-likeness (QED) is 0.761. The summed E-state index contributed by atoms with van der Waals surface area (Å²) in [7, 11) is 0. The topological polar surface area (TPSA) is 20.2 Å². The van der Waals surface area contributed by atoms with Gasteiger partial charge in [-0.05, 0) is 42.7 Å². The standard InChI is InChI=1S/C15H22O/c1-10(2)15(16)8-7-12(4)13-6-5-11(3)9-14(13)15/h5-6,9-10,12,16H,7-8H2,1-4H3. The lowest BCUT2D eigenvalue weighted by molar-refractivity contribution is -0.0286. The van der Waals surface area contributed by atoms with Gasteiger partial charge in [0, 0.05) is 0 Å². The lowest BCUT2D eigenvalue weighted by atomic mass is 9.69. The minimum absolute atomic E-state index is 0.278. The SMILES string of the molecule is Cc1ccc2c(c1)C(O)(C(C)C)CCC2C. The predicted molar refractivity (Wildman–Crippen MR) is 67.6 cm³/mol. The lowest BCUT2D eigenvalue weighted by Gasteiger charge is -2.40. The van der Waals surface area contributed by atoms with Crippen LogP contribution in [0.4, 0.5) is 0 Å². The van der Waals surface area contributed by atoms with Crippen LogP contribution in [-0.4, -0.2) is 5.11 Å². The number of hydrogen-bond acceptors (Lipinski definition) is 1. The van der Waals surface area contributed by atoms with Crippen molar-refractivity contribution in [2.45, 2.75) is 52.1 Å². The van der Waals surface area contributed by atoms with E-state index in [-0.39, 0.29) is 5.92 Å². The monoisotopic (exact) mass is 218 g/mol. The third kappa shape index (κ3) is 1.67. The van der Waals surface area contributed by atoms with Crippen molar-refractivity contribution < 1.29 is 5.11 Å². The minimum atomic E-state index is -0.617. The van der Waals surface area contributed by atoms with Crippen molar-refractivity contribution in [1.82, 2.24) is 0 Å². The Hall–Kier alpha value is -0.820.